The number of carbonyl (C=O) groups is 1. The van der Waals surface area contributed by atoms with Crippen LogP contribution in [0.5, 0.6) is 0 Å². The number of rotatable bonds is 4. The van der Waals surface area contributed by atoms with Crippen LogP contribution in [0.25, 0.3) is 16.5 Å². The van der Waals surface area contributed by atoms with Crippen LogP contribution >= 0.6 is 0 Å². The van der Waals surface area contributed by atoms with Crippen molar-refractivity contribution in [2.75, 3.05) is 0 Å². The summed E-state index contributed by atoms with van der Waals surface area (Å²) in [7, 11) is 0. The molecule has 0 unspecified atom stereocenters. The van der Waals surface area contributed by atoms with E-state index in [0.29, 0.717) is 16.8 Å². The number of hydrogen-bond acceptors (Lipinski definition) is 5. The van der Waals surface area contributed by atoms with Gasteiger partial charge in [0.2, 0.25) is 0 Å². The maximum atomic E-state index is 12.3. The van der Waals surface area contributed by atoms with Crippen LogP contribution in [0, 0.1) is 0 Å². The van der Waals surface area contributed by atoms with Crippen molar-refractivity contribution in [3.8, 4) is 5.69 Å². The van der Waals surface area contributed by atoms with Gasteiger partial charge in [0, 0.05) is 18.1 Å². The maximum Gasteiger partial charge on any atom is 0.270 e. The second kappa shape index (κ2) is 6.60. The van der Waals surface area contributed by atoms with Gasteiger partial charge in [-0.2, -0.15) is 5.10 Å². The molecule has 8 heteroatoms. The number of fused-ring (bicyclic) bond motifs is 1. The van der Waals surface area contributed by atoms with Crippen LogP contribution in [0.15, 0.2) is 66.2 Å². The Labute approximate surface area is 147 Å². The quantitative estimate of drug-likeness (QED) is 0.581. The molecule has 0 radical (unpaired) electrons. The third-order valence-electron chi connectivity index (χ3n) is 4.00. The largest absolute Gasteiger partial charge is 0.347 e. The van der Waals surface area contributed by atoms with Gasteiger partial charge in [-0.1, -0.05) is 18.2 Å². The first-order chi connectivity index (χ1) is 12.7. The molecule has 1 amide bonds. The second-order valence-electron chi connectivity index (χ2n) is 5.61. The van der Waals surface area contributed by atoms with Crippen molar-refractivity contribution >= 4 is 16.7 Å². The summed E-state index contributed by atoms with van der Waals surface area (Å²) in [5.74, 6) is -0.301. The van der Waals surface area contributed by atoms with Crippen LogP contribution in [0.3, 0.4) is 0 Å². The zero-order chi connectivity index (χ0) is 17.9. The van der Waals surface area contributed by atoms with E-state index in [9.17, 15) is 9.59 Å². The SMILES string of the molecule is O=C(NCc1c[nH]c(=O)c2ccccc12)c1ccc(-n2cncn2)cn1. The molecule has 3 heterocycles. The maximum absolute atomic E-state index is 12.3. The highest BCUT2D eigenvalue weighted by Crippen LogP contribution is 2.14. The number of nitrogens with one attached hydrogen (secondary N) is 2. The van der Waals surface area contributed by atoms with Crippen LogP contribution in [0.2, 0.25) is 0 Å². The zero-order valence-electron chi connectivity index (χ0n) is 13.6. The molecule has 128 valence electrons. The minimum atomic E-state index is -0.301. The number of amides is 1. The van der Waals surface area contributed by atoms with Crippen LogP contribution < -0.4 is 10.9 Å². The van der Waals surface area contributed by atoms with Gasteiger partial charge in [-0.25, -0.2) is 14.6 Å². The Hall–Kier alpha value is -3.81. The molecule has 8 nitrogen and oxygen atoms in total. The zero-order valence-corrected chi connectivity index (χ0v) is 13.6. The molecule has 0 saturated carbocycles. The number of hydrogen-bond donors (Lipinski definition) is 2. The van der Waals surface area contributed by atoms with Gasteiger partial charge in [0.05, 0.1) is 11.9 Å². The van der Waals surface area contributed by atoms with Gasteiger partial charge >= 0.3 is 0 Å². The Morgan fingerprint density at radius 3 is 2.73 bits per heavy atom. The molecule has 0 spiro atoms. The highest BCUT2D eigenvalue weighted by atomic mass is 16.2. The van der Waals surface area contributed by atoms with Gasteiger partial charge in [0.15, 0.2) is 0 Å². The number of H-pyrrole nitrogens is 1. The number of aromatic nitrogens is 5. The fourth-order valence-corrected chi connectivity index (χ4v) is 2.68. The molecule has 2 N–H and O–H groups in total. The Morgan fingerprint density at radius 1 is 1.15 bits per heavy atom. The summed E-state index contributed by atoms with van der Waals surface area (Å²) in [6.45, 7) is 0.280. The summed E-state index contributed by atoms with van der Waals surface area (Å²) in [6.07, 6.45) is 6.15. The molecule has 0 atom stereocenters. The minimum absolute atomic E-state index is 0.152. The number of benzene rings is 1. The first-order valence-corrected chi connectivity index (χ1v) is 7.91. The highest BCUT2D eigenvalue weighted by Gasteiger charge is 2.10. The van der Waals surface area contributed by atoms with E-state index in [4.69, 9.17) is 0 Å². The van der Waals surface area contributed by atoms with E-state index in [-0.39, 0.29) is 18.0 Å². The van der Waals surface area contributed by atoms with Gasteiger partial charge in [-0.3, -0.25) is 9.59 Å². The number of carbonyl (C=O) groups excluding carboxylic acids is 1. The highest BCUT2D eigenvalue weighted by molar-refractivity contribution is 5.92. The fraction of sp³-hybridized carbons (Fsp3) is 0.0556. The van der Waals surface area contributed by atoms with Gasteiger partial charge in [-0.15, -0.1) is 0 Å². The summed E-state index contributed by atoms with van der Waals surface area (Å²) in [5, 5.41) is 8.24. The molecule has 26 heavy (non-hydrogen) atoms. The lowest BCUT2D eigenvalue weighted by Gasteiger charge is -2.08. The molecule has 4 aromatic rings. The topological polar surface area (TPSA) is 106 Å². The van der Waals surface area contributed by atoms with E-state index < -0.39 is 0 Å². The smallest absolute Gasteiger partial charge is 0.270 e. The molecule has 0 aliphatic rings. The summed E-state index contributed by atoms with van der Waals surface area (Å²) < 4.78 is 1.56. The third-order valence-corrected chi connectivity index (χ3v) is 4.00. The average Bonchev–Trinajstić information content (AvgIpc) is 3.22. The number of pyridine rings is 2. The van der Waals surface area contributed by atoms with E-state index in [0.717, 1.165) is 10.9 Å². The lowest BCUT2D eigenvalue weighted by atomic mass is 10.1. The predicted octanol–water partition coefficient (Wildman–Crippen LogP) is 1.43. The monoisotopic (exact) mass is 346 g/mol. The van der Waals surface area contributed by atoms with Crippen molar-refractivity contribution in [3.05, 3.63) is 83.1 Å². The van der Waals surface area contributed by atoms with Crippen LogP contribution in [-0.2, 0) is 6.54 Å². The van der Waals surface area contributed by atoms with Crippen LogP contribution in [0.4, 0.5) is 0 Å². The lowest BCUT2D eigenvalue weighted by Crippen LogP contribution is -2.24. The van der Waals surface area contributed by atoms with Crippen LogP contribution in [-0.4, -0.2) is 30.6 Å². The van der Waals surface area contributed by atoms with Gasteiger partial charge in [-0.05, 0) is 29.1 Å². The molecular weight excluding hydrogens is 332 g/mol. The first-order valence-electron chi connectivity index (χ1n) is 7.91. The van der Waals surface area contributed by atoms with Crippen molar-refractivity contribution in [2.45, 2.75) is 6.54 Å². The Bertz CT molecular complexity index is 1120. The summed E-state index contributed by atoms with van der Waals surface area (Å²) in [6, 6.07) is 10.6. The van der Waals surface area contributed by atoms with E-state index in [2.05, 4.69) is 25.4 Å². The molecule has 0 saturated heterocycles. The molecule has 0 aliphatic carbocycles. The molecule has 1 aromatic carbocycles. The Morgan fingerprint density at radius 2 is 2.00 bits per heavy atom. The van der Waals surface area contributed by atoms with Crippen molar-refractivity contribution in [1.82, 2.24) is 30.0 Å². The standard InChI is InChI=1S/C18H14N6O2/c25-17-15-4-2-1-3-14(15)12(7-21-17)8-22-18(26)16-6-5-13(9-20-16)24-11-19-10-23-24/h1-7,9-11H,8H2,(H,21,25)(H,22,26). The van der Waals surface area contributed by atoms with Gasteiger partial charge in [0.1, 0.15) is 18.3 Å². The minimum Gasteiger partial charge on any atom is -0.347 e. The van der Waals surface area contributed by atoms with E-state index in [1.807, 2.05) is 12.1 Å². The molecule has 4 rings (SSSR count). The second-order valence-corrected chi connectivity index (χ2v) is 5.61. The van der Waals surface area contributed by atoms with Crippen LogP contribution in [0.1, 0.15) is 16.1 Å². The predicted molar refractivity (Wildman–Crippen MR) is 94.9 cm³/mol. The summed E-state index contributed by atoms with van der Waals surface area (Å²) >= 11 is 0. The molecule has 0 fully saturated rings. The van der Waals surface area contributed by atoms with E-state index in [1.165, 1.54) is 6.33 Å². The molecular formula is C18H14N6O2. The summed E-state index contributed by atoms with van der Waals surface area (Å²) in [5.41, 5.74) is 1.68. The van der Waals surface area contributed by atoms with Crippen molar-refractivity contribution in [1.29, 1.82) is 0 Å². The molecule has 3 aromatic heterocycles. The van der Waals surface area contributed by atoms with E-state index in [1.54, 1.807) is 47.7 Å². The fourth-order valence-electron chi connectivity index (χ4n) is 2.68. The van der Waals surface area contributed by atoms with Crippen molar-refractivity contribution in [3.63, 3.8) is 0 Å². The molecule has 0 aliphatic heterocycles. The van der Waals surface area contributed by atoms with Crippen molar-refractivity contribution < 1.29 is 4.79 Å². The van der Waals surface area contributed by atoms with E-state index >= 15 is 0 Å². The van der Waals surface area contributed by atoms with Gasteiger partial charge < -0.3 is 10.3 Å². The average molecular weight is 346 g/mol. The summed E-state index contributed by atoms with van der Waals surface area (Å²) in [4.78, 5) is 34.9. The Balaban J connectivity index is 1.51. The first kappa shape index (κ1) is 15.7. The normalized spacial score (nSPS) is 10.8. The van der Waals surface area contributed by atoms with Gasteiger partial charge in [0.25, 0.3) is 11.5 Å². The molecule has 0 bridgehead atoms. The lowest BCUT2D eigenvalue weighted by molar-refractivity contribution is 0.0946. The number of nitrogens with zero attached hydrogens (tertiary/aromatic N) is 4. The Kier molecular flexibility index (Phi) is 3.98. The van der Waals surface area contributed by atoms with Crippen molar-refractivity contribution in [2.24, 2.45) is 0 Å². The third kappa shape index (κ3) is 2.95. The number of aromatic amines is 1.